The summed E-state index contributed by atoms with van der Waals surface area (Å²) in [7, 11) is 0. The molecule has 3 nitrogen and oxygen atoms in total. The molecule has 0 amide bonds. The lowest BCUT2D eigenvalue weighted by Crippen LogP contribution is -1.94. The highest BCUT2D eigenvalue weighted by Gasteiger charge is 2.24. The minimum absolute atomic E-state index is 0.116. The maximum Gasteiger partial charge on any atom is 0.137 e. The molecule has 0 unspecified atom stereocenters. The molecule has 0 bridgehead atoms. The van der Waals surface area contributed by atoms with Crippen molar-refractivity contribution in [1.82, 2.24) is 0 Å². The van der Waals surface area contributed by atoms with E-state index in [9.17, 15) is 0 Å². The molecule has 76 valence electrons. The van der Waals surface area contributed by atoms with Crippen LogP contribution in [0.1, 0.15) is 18.1 Å². The maximum absolute atomic E-state index is 8.92. The normalized spacial score (nSPS) is 13.1. The van der Waals surface area contributed by atoms with Crippen LogP contribution in [-0.2, 0) is 0 Å². The standard InChI is InChI=1S/C13H9N3/c1-8-12(9(6-14)7-15)10-4-2-3-5-11(10)13(8)16/h2-5H,16H2,1H3. The number of nitrogens with two attached hydrogens (primary N) is 1. The Kier molecular flexibility index (Phi) is 2.23. The molecule has 0 heterocycles. The van der Waals surface area contributed by atoms with E-state index in [1.165, 1.54) is 0 Å². The fourth-order valence-electron chi connectivity index (χ4n) is 1.93. The third-order valence-corrected chi connectivity index (χ3v) is 2.74. The van der Waals surface area contributed by atoms with Gasteiger partial charge in [-0.1, -0.05) is 24.3 Å². The van der Waals surface area contributed by atoms with E-state index >= 15 is 0 Å². The van der Waals surface area contributed by atoms with Crippen molar-refractivity contribution in [3.8, 4) is 12.1 Å². The van der Waals surface area contributed by atoms with Crippen LogP contribution in [-0.4, -0.2) is 0 Å². The van der Waals surface area contributed by atoms with Crippen LogP contribution in [0.5, 0.6) is 0 Å². The number of hydrogen-bond donors (Lipinski definition) is 1. The van der Waals surface area contributed by atoms with Crippen LogP contribution in [0.25, 0.3) is 11.3 Å². The molecule has 3 heteroatoms. The average Bonchev–Trinajstić information content (AvgIpc) is 2.57. The van der Waals surface area contributed by atoms with E-state index in [0.717, 1.165) is 16.7 Å². The van der Waals surface area contributed by atoms with Crippen molar-refractivity contribution in [1.29, 1.82) is 10.5 Å². The summed E-state index contributed by atoms with van der Waals surface area (Å²) in [5, 5.41) is 17.8. The van der Waals surface area contributed by atoms with Gasteiger partial charge in [0.25, 0.3) is 0 Å². The number of rotatable bonds is 0. The molecule has 1 aliphatic rings. The summed E-state index contributed by atoms with van der Waals surface area (Å²) >= 11 is 0. The average molecular weight is 207 g/mol. The van der Waals surface area contributed by atoms with Crippen molar-refractivity contribution in [2.75, 3.05) is 0 Å². The number of benzene rings is 1. The molecular weight excluding hydrogens is 198 g/mol. The predicted molar refractivity (Wildman–Crippen MR) is 61.4 cm³/mol. The van der Waals surface area contributed by atoms with Crippen LogP contribution in [0.3, 0.4) is 0 Å². The Hall–Kier alpha value is -2.52. The van der Waals surface area contributed by atoms with E-state index < -0.39 is 0 Å². The summed E-state index contributed by atoms with van der Waals surface area (Å²) in [5.41, 5.74) is 9.96. The Morgan fingerprint density at radius 3 is 2.25 bits per heavy atom. The van der Waals surface area contributed by atoms with Gasteiger partial charge in [0.2, 0.25) is 0 Å². The second kappa shape index (κ2) is 3.56. The molecular formula is C13H9N3. The number of fused-ring (bicyclic) bond motifs is 1. The third kappa shape index (κ3) is 1.20. The van der Waals surface area contributed by atoms with Gasteiger partial charge >= 0.3 is 0 Å². The maximum atomic E-state index is 8.92. The van der Waals surface area contributed by atoms with Gasteiger partial charge in [-0.2, -0.15) is 10.5 Å². The Labute approximate surface area is 93.7 Å². The highest BCUT2D eigenvalue weighted by molar-refractivity contribution is 6.01. The summed E-state index contributed by atoms with van der Waals surface area (Å²) in [4.78, 5) is 0. The van der Waals surface area contributed by atoms with Crippen molar-refractivity contribution >= 4 is 11.3 Å². The van der Waals surface area contributed by atoms with Crippen molar-refractivity contribution in [3.63, 3.8) is 0 Å². The van der Waals surface area contributed by atoms with Gasteiger partial charge in [-0.25, -0.2) is 0 Å². The fourth-order valence-corrected chi connectivity index (χ4v) is 1.93. The van der Waals surface area contributed by atoms with Gasteiger partial charge in [0.15, 0.2) is 0 Å². The first-order chi connectivity index (χ1) is 7.70. The molecule has 0 spiro atoms. The first-order valence-corrected chi connectivity index (χ1v) is 4.81. The molecule has 2 rings (SSSR count). The molecule has 2 N–H and O–H groups in total. The first kappa shape index (κ1) is 10.0. The van der Waals surface area contributed by atoms with E-state index in [1.807, 2.05) is 43.3 Å². The Bertz CT molecular complexity index is 591. The smallest absolute Gasteiger partial charge is 0.137 e. The van der Waals surface area contributed by atoms with Gasteiger partial charge in [0, 0.05) is 16.8 Å². The van der Waals surface area contributed by atoms with E-state index in [4.69, 9.17) is 16.3 Å². The second-order valence-electron chi connectivity index (χ2n) is 3.56. The lowest BCUT2D eigenvalue weighted by atomic mass is 9.99. The second-order valence-corrected chi connectivity index (χ2v) is 3.56. The van der Waals surface area contributed by atoms with Gasteiger partial charge in [0.1, 0.15) is 17.7 Å². The minimum Gasteiger partial charge on any atom is -0.398 e. The Morgan fingerprint density at radius 1 is 1.12 bits per heavy atom. The zero-order valence-electron chi connectivity index (χ0n) is 8.78. The monoisotopic (exact) mass is 207 g/mol. The van der Waals surface area contributed by atoms with Crippen LogP contribution in [0.4, 0.5) is 0 Å². The zero-order chi connectivity index (χ0) is 11.7. The quantitative estimate of drug-likeness (QED) is 0.662. The molecule has 0 aliphatic heterocycles. The van der Waals surface area contributed by atoms with E-state index in [2.05, 4.69) is 0 Å². The van der Waals surface area contributed by atoms with Crippen molar-refractivity contribution in [2.24, 2.45) is 5.73 Å². The van der Waals surface area contributed by atoms with Crippen molar-refractivity contribution < 1.29 is 0 Å². The SMILES string of the molecule is CC1=C(N)c2ccccc2C1=C(C#N)C#N. The Balaban J connectivity index is 2.84. The van der Waals surface area contributed by atoms with E-state index in [-0.39, 0.29) is 5.57 Å². The molecule has 0 aromatic heterocycles. The highest BCUT2D eigenvalue weighted by Crippen LogP contribution is 2.39. The van der Waals surface area contributed by atoms with Gasteiger partial charge in [-0.15, -0.1) is 0 Å². The molecule has 1 aromatic rings. The minimum atomic E-state index is 0.116. The Morgan fingerprint density at radius 2 is 1.69 bits per heavy atom. The molecule has 0 saturated heterocycles. The first-order valence-electron chi connectivity index (χ1n) is 4.81. The number of nitrogens with zero attached hydrogens (tertiary/aromatic N) is 2. The summed E-state index contributed by atoms with van der Waals surface area (Å²) < 4.78 is 0. The fraction of sp³-hybridized carbons (Fsp3) is 0.0769. The lowest BCUT2D eigenvalue weighted by molar-refractivity contribution is 1.44. The van der Waals surface area contributed by atoms with Crippen LogP contribution < -0.4 is 5.73 Å². The molecule has 0 saturated carbocycles. The molecule has 0 radical (unpaired) electrons. The van der Waals surface area contributed by atoms with Crippen molar-refractivity contribution in [3.05, 3.63) is 46.5 Å². The van der Waals surface area contributed by atoms with Gasteiger partial charge < -0.3 is 5.73 Å². The zero-order valence-corrected chi connectivity index (χ0v) is 8.78. The molecule has 0 atom stereocenters. The number of allylic oxidation sites excluding steroid dienone is 3. The van der Waals surface area contributed by atoms with Crippen LogP contribution in [0.2, 0.25) is 0 Å². The number of hydrogen-bond acceptors (Lipinski definition) is 3. The summed E-state index contributed by atoms with van der Waals surface area (Å²) in [6, 6.07) is 11.4. The van der Waals surface area contributed by atoms with Gasteiger partial charge in [-0.05, 0) is 18.1 Å². The van der Waals surface area contributed by atoms with Crippen molar-refractivity contribution in [2.45, 2.75) is 6.92 Å². The van der Waals surface area contributed by atoms with E-state index in [1.54, 1.807) is 0 Å². The largest absolute Gasteiger partial charge is 0.398 e. The third-order valence-electron chi connectivity index (χ3n) is 2.74. The van der Waals surface area contributed by atoms with Crippen LogP contribution in [0.15, 0.2) is 35.4 Å². The summed E-state index contributed by atoms with van der Waals surface area (Å²) in [5.74, 6) is 0. The van der Waals surface area contributed by atoms with Crippen LogP contribution in [0, 0.1) is 22.7 Å². The van der Waals surface area contributed by atoms with Crippen LogP contribution >= 0.6 is 0 Å². The van der Waals surface area contributed by atoms with Gasteiger partial charge in [-0.3, -0.25) is 0 Å². The number of nitriles is 2. The molecule has 16 heavy (non-hydrogen) atoms. The highest BCUT2D eigenvalue weighted by atomic mass is 14.6. The van der Waals surface area contributed by atoms with E-state index in [0.29, 0.717) is 11.3 Å². The summed E-state index contributed by atoms with van der Waals surface area (Å²) in [6.07, 6.45) is 0. The summed E-state index contributed by atoms with van der Waals surface area (Å²) in [6.45, 7) is 1.83. The molecule has 1 aliphatic carbocycles. The lowest BCUT2D eigenvalue weighted by Gasteiger charge is -2.01. The van der Waals surface area contributed by atoms with Gasteiger partial charge in [0.05, 0.1) is 0 Å². The molecule has 1 aromatic carbocycles. The molecule has 0 fully saturated rings. The predicted octanol–water partition coefficient (Wildman–Crippen LogP) is 2.19. The topological polar surface area (TPSA) is 73.6 Å².